The van der Waals surface area contributed by atoms with Gasteiger partial charge in [0.2, 0.25) is 0 Å². The van der Waals surface area contributed by atoms with E-state index >= 15 is 0 Å². The van der Waals surface area contributed by atoms with Crippen LogP contribution in [0.15, 0.2) is 36.4 Å². The molecule has 0 aliphatic carbocycles. The van der Waals surface area contributed by atoms with E-state index in [1.54, 1.807) is 13.0 Å². The summed E-state index contributed by atoms with van der Waals surface area (Å²) in [6.07, 6.45) is 1.71. The summed E-state index contributed by atoms with van der Waals surface area (Å²) in [6.45, 7) is 7.60. The zero-order valence-electron chi connectivity index (χ0n) is 10.2. The minimum atomic E-state index is 0.0887. The molecule has 0 saturated heterocycles. The predicted octanol–water partition coefficient (Wildman–Crippen LogP) is 2.96. The highest BCUT2D eigenvalue weighted by molar-refractivity contribution is 5.94. The number of ketones is 1. The average molecular weight is 217 g/mol. The first kappa shape index (κ1) is 12.5. The third kappa shape index (κ3) is 3.23. The Labute approximate surface area is 97.6 Å². The summed E-state index contributed by atoms with van der Waals surface area (Å²) in [7, 11) is 0. The highest BCUT2D eigenvalue weighted by Gasteiger charge is 2.08. The third-order valence-corrected chi connectivity index (χ3v) is 2.51. The average Bonchev–Trinajstić information content (AvgIpc) is 2.30. The molecule has 2 nitrogen and oxygen atoms in total. The SMILES string of the molecule is CCN(CC)C(=CC(C)=O)c1ccccc1. The van der Waals surface area contributed by atoms with E-state index in [-0.39, 0.29) is 5.78 Å². The van der Waals surface area contributed by atoms with Crippen molar-refractivity contribution in [3.8, 4) is 0 Å². The van der Waals surface area contributed by atoms with E-state index in [9.17, 15) is 4.79 Å². The Morgan fingerprint density at radius 3 is 2.19 bits per heavy atom. The fourth-order valence-electron chi connectivity index (χ4n) is 1.72. The van der Waals surface area contributed by atoms with Crippen molar-refractivity contribution in [2.45, 2.75) is 20.8 Å². The molecule has 1 aromatic carbocycles. The van der Waals surface area contributed by atoms with Crippen molar-refractivity contribution < 1.29 is 4.79 Å². The van der Waals surface area contributed by atoms with E-state index in [2.05, 4.69) is 18.7 Å². The maximum absolute atomic E-state index is 11.3. The molecule has 0 N–H and O–H groups in total. The Morgan fingerprint density at radius 2 is 1.75 bits per heavy atom. The number of carbonyl (C=O) groups excluding carboxylic acids is 1. The third-order valence-electron chi connectivity index (χ3n) is 2.51. The summed E-state index contributed by atoms with van der Waals surface area (Å²) in [5, 5.41) is 0. The van der Waals surface area contributed by atoms with Crippen LogP contribution in [0.2, 0.25) is 0 Å². The molecular formula is C14H19NO. The molecule has 0 amide bonds. The van der Waals surface area contributed by atoms with Gasteiger partial charge >= 0.3 is 0 Å². The van der Waals surface area contributed by atoms with Crippen molar-refractivity contribution in [3.63, 3.8) is 0 Å². The summed E-state index contributed by atoms with van der Waals surface area (Å²) in [5.74, 6) is 0.0887. The largest absolute Gasteiger partial charge is 0.372 e. The van der Waals surface area contributed by atoms with E-state index < -0.39 is 0 Å². The monoisotopic (exact) mass is 217 g/mol. The zero-order chi connectivity index (χ0) is 12.0. The summed E-state index contributed by atoms with van der Waals surface area (Å²) in [4.78, 5) is 13.5. The van der Waals surface area contributed by atoms with Gasteiger partial charge < -0.3 is 4.90 Å². The van der Waals surface area contributed by atoms with Crippen LogP contribution in [0.3, 0.4) is 0 Å². The van der Waals surface area contributed by atoms with Gasteiger partial charge in [0.25, 0.3) is 0 Å². The lowest BCUT2D eigenvalue weighted by molar-refractivity contribution is -0.112. The number of nitrogens with zero attached hydrogens (tertiary/aromatic N) is 1. The molecule has 0 aromatic heterocycles. The fourth-order valence-corrected chi connectivity index (χ4v) is 1.72. The van der Waals surface area contributed by atoms with Crippen LogP contribution in [0.4, 0.5) is 0 Å². The molecule has 0 spiro atoms. The fraction of sp³-hybridized carbons (Fsp3) is 0.357. The lowest BCUT2D eigenvalue weighted by Gasteiger charge is -2.24. The smallest absolute Gasteiger partial charge is 0.154 e. The van der Waals surface area contributed by atoms with Crippen LogP contribution in [0.5, 0.6) is 0 Å². The maximum atomic E-state index is 11.3. The normalized spacial score (nSPS) is 11.3. The lowest BCUT2D eigenvalue weighted by Crippen LogP contribution is -2.21. The van der Waals surface area contributed by atoms with Crippen LogP contribution in [-0.2, 0) is 4.79 Å². The molecular weight excluding hydrogens is 198 g/mol. The molecule has 0 atom stereocenters. The molecule has 0 heterocycles. The van der Waals surface area contributed by atoms with E-state index in [4.69, 9.17) is 0 Å². The van der Waals surface area contributed by atoms with Gasteiger partial charge in [-0.15, -0.1) is 0 Å². The molecule has 0 aliphatic rings. The van der Waals surface area contributed by atoms with Crippen LogP contribution in [0.1, 0.15) is 26.3 Å². The highest BCUT2D eigenvalue weighted by Crippen LogP contribution is 2.18. The summed E-state index contributed by atoms with van der Waals surface area (Å²) in [6, 6.07) is 10.0. The van der Waals surface area contributed by atoms with Gasteiger partial charge in [0.05, 0.1) is 0 Å². The second-order valence-corrected chi connectivity index (χ2v) is 3.68. The minimum Gasteiger partial charge on any atom is -0.372 e. The van der Waals surface area contributed by atoms with Gasteiger partial charge in [-0.25, -0.2) is 0 Å². The molecule has 0 fully saturated rings. The van der Waals surface area contributed by atoms with Gasteiger partial charge in [0.15, 0.2) is 5.78 Å². The lowest BCUT2D eigenvalue weighted by atomic mass is 10.1. The van der Waals surface area contributed by atoms with Crippen molar-refractivity contribution in [1.29, 1.82) is 0 Å². The summed E-state index contributed by atoms with van der Waals surface area (Å²) >= 11 is 0. The zero-order valence-corrected chi connectivity index (χ0v) is 10.2. The molecule has 0 bridgehead atoms. The van der Waals surface area contributed by atoms with Gasteiger partial charge in [0.1, 0.15) is 0 Å². The Balaban J connectivity index is 3.11. The molecule has 16 heavy (non-hydrogen) atoms. The number of hydrogen-bond acceptors (Lipinski definition) is 2. The molecule has 1 aromatic rings. The number of benzene rings is 1. The molecule has 1 rings (SSSR count). The van der Waals surface area contributed by atoms with Gasteiger partial charge in [0, 0.05) is 24.9 Å². The van der Waals surface area contributed by atoms with Crippen molar-refractivity contribution in [1.82, 2.24) is 4.90 Å². The Morgan fingerprint density at radius 1 is 1.19 bits per heavy atom. The first-order valence-electron chi connectivity index (χ1n) is 5.71. The maximum Gasteiger partial charge on any atom is 0.154 e. The summed E-state index contributed by atoms with van der Waals surface area (Å²) in [5.41, 5.74) is 2.11. The van der Waals surface area contributed by atoms with Crippen LogP contribution in [-0.4, -0.2) is 23.8 Å². The van der Waals surface area contributed by atoms with Crippen molar-refractivity contribution in [2.24, 2.45) is 0 Å². The van der Waals surface area contributed by atoms with Crippen LogP contribution >= 0.6 is 0 Å². The van der Waals surface area contributed by atoms with E-state index in [0.29, 0.717) is 0 Å². The van der Waals surface area contributed by atoms with Crippen LogP contribution in [0.25, 0.3) is 5.70 Å². The second-order valence-electron chi connectivity index (χ2n) is 3.68. The summed E-state index contributed by atoms with van der Waals surface area (Å²) < 4.78 is 0. The number of hydrogen-bond donors (Lipinski definition) is 0. The van der Waals surface area contributed by atoms with Crippen molar-refractivity contribution in [3.05, 3.63) is 42.0 Å². The van der Waals surface area contributed by atoms with E-state index in [1.165, 1.54) is 0 Å². The first-order chi connectivity index (χ1) is 7.69. The molecule has 0 aliphatic heterocycles. The highest BCUT2D eigenvalue weighted by atomic mass is 16.1. The number of carbonyl (C=O) groups is 1. The molecule has 0 radical (unpaired) electrons. The number of rotatable bonds is 5. The Hall–Kier alpha value is -1.57. The first-order valence-corrected chi connectivity index (χ1v) is 5.71. The van der Waals surface area contributed by atoms with Gasteiger partial charge in [-0.1, -0.05) is 30.3 Å². The van der Waals surface area contributed by atoms with Gasteiger partial charge in [-0.3, -0.25) is 4.79 Å². The van der Waals surface area contributed by atoms with Gasteiger partial charge in [-0.05, 0) is 26.3 Å². The Kier molecular flexibility index (Phi) is 4.77. The molecule has 0 unspecified atom stereocenters. The van der Waals surface area contributed by atoms with Crippen LogP contribution in [0, 0.1) is 0 Å². The standard InChI is InChI=1S/C14H19NO/c1-4-15(5-2)14(11-12(3)16)13-9-7-6-8-10-13/h6-11H,4-5H2,1-3H3. The predicted molar refractivity (Wildman–Crippen MR) is 68.0 cm³/mol. The van der Waals surface area contributed by atoms with Crippen LogP contribution < -0.4 is 0 Å². The topological polar surface area (TPSA) is 20.3 Å². The molecule has 0 saturated carbocycles. The molecule has 2 heteroatoms. The quantitative estimate of drug-likeness (QED) is 0.707. The van der Waals surface area contributed by atoms with Crippen molar-refractivity contribution >= 4 is 11.5 Å². The van der Waals surface area contributed by atoms with E-state index in [1.807, 2.05) is 30.3 Å². The second kappa shape index (κ2) is 6.11. The number of allylic oxidation sites excluding steroid dienone is 1. The Bertz CT molecular complexity index is 364. The minimum absolute atomic E-state index is 0.0887. The van der Waals surface area contributed by atoms with Gasteiger partial charge in [-0.2, -0.15) is 0 Å². The van der Waals surface area contributed by atoms with Crippen molar-refractivity contribution in [2.75, 3.05) is 13.1 Å². The van der Waals surface area contributed by atoms with E-state index in [0.717, 1.165) is 24.4 Å². The molecule has 86 valence electrons.